The minimum Gasteiger partial charge on any atom is -0.459 e. The van der Waals surface area contributed by atoms with Gasteiger partial charge in [0, 0.05) is 0 Å². The molecule has 0 spiro atoms. The van der Waals surface area contributed by atoms with Crippen LogP contribution in [0.4, 0.5) is 0 Å². The number of fused-ring (bicyclic) bond motifs is 3. The third-order valence-corrected chi connectivity index (χ3v) is 5.23. The van der Waals surface area contributed by atoms with Crippen molar-refractivity contribution in [3.63, 3.8) is 0 Å². The number of esters is 1. The van der Waals surface area contributed by atoms with Gasteiger partial charge in [0.25, 0.3) is 0 Å². The van der Waals surface area contributed by atoms with E-state index in [1.807, 2.05) is 31.2 Å². The Labute approximate surface area is 129 Å². The summed E-state index contributed by atoms with van der Waals surface area (Å²) in [5, 5.41) is 0. The van der Waals surface area contributed by atoms with Crippen molar-refractivity contribution in [3.05, 3.63) is 35.7 Å². The van der Waals surface area contributed by atoms with Crippen molar-refractivity contribution in [2.45, 2.75) is 39.2 Å². The zero-order chi connectivity index (χ0) is 15.1. The van der Waals surface area contributed by atoms with Crippen LogP contribution in [0.5, 0.6) is 0 Å². The quantitative estimate of drug-likeness (QED) is 0.814. The van der Waals surface area contributed by atoms with Crippen molar-refractivity contribution in [1.29, 1.82) is 0 Å². The predicted molar refractivity (Wildman–Crippen MR) is 83.0 cm³/mol. The molecule has 2 aliphatic carbocycles. The van der Waals surface area contributed by atoms with Gasteiger partial charge in [0.1, 0.15) is 6.61 Å². The minimum absolute atomic E-state index is 0.0402. The van der Waals surface area contributed by atoms with Crippen LogP contribution in [0.1, 0.15) is 37.1 Å². The number of hydrogen-bond acceptors (Lipinski definition) is 4. The molecule has 22 heavy (non-hydrogen) atoms. The molecule has 4 heteroatoms. The van der Waals surface area contributed by atoms with Crippen LogP contribution < -0.4 is 0 Å². The Kier molecular flexibility index (Phi) is 3.32. The van der Waals surface area contributed by atoms with Gasteiger partial charge in [0.2, 0.25) is 0 Å². The van der Waals surface area contributed by atoms with Crippen LogP contribution in [0, 0.1) is 24.7 Å². The summed E-state index contributed by atoms with van der Waals surface area (Å²) in [5.41, 5.74) is 3.32. The second-order valence-electron chi connectivity index (χ2n) is 6.63. The lowest BCUT2D eigenvalue weighted by atomic mass is 9.89. The fourth-order valence-corrected chi connectivity index (χ4v) is 4.04. The average Bonchev–Trinajstić information content (AvgIpc) is 3.15. The van der Waals surface area contributed by atoms with Gasteiger partial charge in [-0.3, -0.25) is 4.79 Å². The molecule has 2 fully saturated rings. The Morgan fingerprint density at radius 1 is 1.18 bits per heavy atom. The largest absolute Gasteiger partial charge is 0.459 e. The van der Waals surface area contributed by atoms with Gasteiger partial charge in [-0.15, -0.1) is 0 Å². The normalized spacial score (nSPS) is 26.5. The van der Waals surface area contributed by atoms with E-state index in [9.17, 15) is 4.79 Å². The van der Waals surface area contributed by atoms with Gasteiger partial charge in [-0.1, -0.05) is 18.6 Å². The molecule has 4 nitrogen and oxygen atoms in total. The van der Waals surface area contributed by atoms with Crippen LogP contribution in [0.3, 0.4) is 0 Å². The number of benzene rings is 1. The predicted octanol–water partition coefficient (Wildman–Crippen LogP) is 3.42. The summed E-state index contributed by atoms with van der Waals surface area (Å²) in [6.45, 7) is 2.15. The van der Waals surface area contributed by atoms with E-state index in [-0.39, 0.29) is 18.5 Å². The van der Waals surface area contributed by atoms with Crippen LogP contribution in [-0.4, -0.2) is 15.9 Å². The van der Waals surface area contributed by atoms with Crippen LogP contribution in [-0.2, 0) is 16.1 Å². The third-order valence-electron chi connectivity index (χ3n) is 5.23. The molecule has 0 aliphatic heterocycles. The molecule has 0 N–H and O–H groups in total. The van der Waals surface area contributed by atoms with Gasteiger partial charge in [-0.05, 0) is 50.2 Å². The summed E-state index contributed by atoms with van der Waals surface area (Å²) in [5.74, 6) is 1.39. The van der Waals surface area contributed by atoms with E-state index >= 15 is 0 Å². The molecule has 2 aromatic rings. The first-order chi connectivity index (χ1) is 10.7. The molecular formula is C18H20N2O2. The molecule has 4 rings (SSSR count). The highest BCUT2D eigenvalue weighted by atomic mass is 16.5. The van der Waals surface area contributed by atoms with Crippen molar-refractivity contribution in [1.82, 2.24) is 9.97 Å². The zero-order valence-electron chi connectivity index (χ0n) is 12.8. The fraction of sp³-hybridized carbons (Fsp3) is 0.500. The van der Waals surface area contributed by atoms with Crippen molar-refractivity contribution >= 4 is 17.0 Å². The molecule has 1 heterocycles. The van der Waals surface area contributed by atoms with Crippen molar-refractivity contribution in [3.8, 4) is 0 Å². The Morgan fingerprint density at radius 2 is 1.95 bits per heavy atom. The van der Waals surface area contributed by atoms with Gasteiger partial charge < -0.3 is 4.74 Å². The lowest BCUT2D eigenvalue weighted by Gasteiger charge is -2.20. The monoisotopic (exact) mass is 296 g/mol. The molecule has 0 saturated heterocycles. The van der Waals surface area contributed by atoms with Crippen LogP contribution in [0.15, 0.2) is 24.3 Å². The molecule has 3 atom stereocenters. The van der Waals surface area contributed by atoms with Crippen molar-refractivity contribution in [2.24, 2.45) is 17.8 Å². The molecular weight excluding hydrogens is 276 g/mol. The number of ether oxygens (including phenoxy) is 1. The van der Waals surface area contributed by atoms with E-state index in [1.165, 1.54) is 19.3 Å². The number of nitrogens with zero attached hydrogens (tertiary/aromatic N) is 2. The van der Waals surface area contributed by atoms with Gasteiger partial charge >= 0.3 is 5.97 Å². The van der Waals surface area contributed by atoms with Gasteiger partial charge in [0.05, 0.1) is 28.3 Å². The third kappa shape index (κ3) is 2.36. The molecule has 2 saturated carbocycles. The van der Waals surface area contributed by atoms with Crippen molar-refractivity contribution in [2.75, 3.05) is 0 Å². The Bertz CT molecular complexity index is 728. The number of para-hydroxylation sites is 2. The van der Waals surface area contributed by atoms with E-state index in [0.717, 1.165) is 34.8 Å². The maximum absolute atomic E-state index is 12.3. The van der Waals surface area contributed by atoms with E-state index in [2.05, 4.69) is 9.97 Å². The Hall–Kier alpha value is -1.97. The first-order valence-corrected chi connectivity index (χ1v) is 8.09. The molecule has 1 aromatic heterocycles. The number of rotatable bonds is 3. The van der Waals surface area contributed by atoms with E-state index in [0.29, 0.717) is 5.92 Å². The molecule has 2 bridgehead atoms. The van der Waals surface area contributed by atoms with E-state index in [1.54, 1.807) is 0 Å². The summed E-state index contributed by atoms with van der Waals surface area (Å²) in [7, 11) is 0. The SMILES string of the molecule is Cc1nc2ccccc2nc1COC(=O)[C@@H]1C[C@H]2CC[C@H]1C2. The highest BCUT2D eigenvalue weighted by Crippen LogP contribution is 2.48. The number of aromatic nitrogens is 2. The zero-order valence-corrected chi connectivity index (χ0v) is 12.8. The summed E-state index contributed by atoms with van der Waals surface area (Å²) < 4.78 is 5.55. The minimum atomic E-state index is -0.0402. The molecule has 0 amide bonds. The van der Waals surface area contributed by atoms with Gasteiger partial charge in [-0.25, -0.2) is 9.97 Å². The highest BCUT2D eigenvalue weighted by molar-refractivity contribution is 5.75. The second-order valence-corrected chi connectivity index (χ2v) is 6.63. The first-order valence-electron chi connectivity index (χ1n) is 8.09. The van der Waals surface area contributed by atoms with Crippen molar-refractivity contribution < 1.29 is 9.53 Å². The van der Waals surface area contributed by atoms with Crippen LogP contribution in [0.25, 0.3) is 11.0 Å². The lowest BCUT2D eigenvalue weighted by molar-refractivity contribution is -0.151. The van der Waals surface area contributed by atoms with E-state index < -0.39 is 0 Å². The molecule has 114 valence electrons. The summed E-state index contributed by atoms with van der Waals surface area (Å²) in [6.07, 6.45) is 4.73. The Morgan fingerprint density at radius 3 is 2.64 bits per heavy atom. The standard InChI is InChI=1S/C18H20N2O2/c1-11-17(20-16-5-3-2-4-15(16)19-11)10-22-18(21)14-9-12-6-7-13(14)8-12/h2-5,12-14H,6-10H2,1H3/t12-,13-,14+/m0/s1. The molecule has 0 unspecified atom stereocenters. The van der Waals surface area contributed by atoms with Crippen LogP contribution >= 0.6 is 0 Å². The highest BCUT2D eigenvalue weighted by Gasteiger charge is 2.43. The smallest absolute Gasteiger partial charge is 0.309 e. The molecule has 1 aromatic carbocycles. The number of aryl methyl sites for hydroxylation is 1. The maximum Gasteiger partial charge on any atom is 0.309 e. The Balaban J connectivity index is 1.47. The van der Waals surface area contributed by atoms with Gasteiger partial charge in [-0.2, -0.15) is 0 Å². The van der Waals surface area contributed by atoms with Gasteiger partial charge in [0.15, 0.2) is 0 Å². The number of carbonyl (C=O) groups excluding carboxylic acids is 1. The molecule has 2 aliphatic rings. The average molecular weight is 296 g/mol. The molecule has 0 radical (unpaired) electrons. The summed E-state index contributed by atoms with van der Waals surface area (Å²) in [4.78, 5) is 21.4. The fourth-order valence-electron chi connectivity index (χ4n) is 4.04. The second kappa shape index (κ2) is 5.34. The number of carbonyl (C=O) groups is 1. The lowest BCUT2D eigenvalue weighted by Crippen LogP contribution is -2.23. The summed E-state index contributed by atoms with van der Waals surface area (Å²) >= 11 is 0. The first kappa shape index (κ1) is 13.7. The maximum atomic E-state index is 12.3. The number of hydrogen-bond donors (Lipinski definition) is 0. The van der Waals surface area contributed by atoms with E-state index in [4.69, 9.17) is 4.74 Å². The topological polar surface area (TPSA) is 52.1 Å². The summed E-state index contributed by atoms with van der Waals surface area (Å²) in [6, 6.07) is 7.77. The van der Waals surface area contributed by atoms with Crippen LogP contribution in [0.2, 0.25) is 0 Å².